The number of thiol groups is 1. The van der Waals surface area contributed by atoms with Crippen LogP contribution in [0.3, 0.4) is 0 Å². The van der Waals surface area contributed by atoms with E-state index in [1.807, 2.05) is 0 Å². The SMILES string of the molecule is CB(C)S(=S)(=S)SSSSSS. The fourth-order valence-corrected chi connectivity index (χ4v) is 17.5. The number of hydrogen-bond acceptors (Lipinski definition) is 8. The third-order valence-electron chi connectivity index (χ3n) is 0.786. The quantitative estimate of drug-likeness (QED) is 0.327. The lowest BCUT2D eigenvalue weighted by molar-refractivity contribution is 2.11. The number of rotatable bonds is 6. The van der Waals surface area contributed by atoms with Crippen molar-refractivity contribution in [2.45, 2.75) is 13.6 Å². The summed E-state index contributed by atoms with van der Waals surface area (Å²) in [4.78, 5) is 0. The first-order valence-electron chi connectivity index (χ1n) is 2.74. The van der Waals surface area contributed by atoms with Crippen LogP contribution in [-0.2, 0) is 28.4 Å². The van der Waals surface area contributed by atoms with E-state index >= 15 is 0 Å². The Hall–Kier alpha value is 2.95. The highest BCUT2D eigenvalue weighted by Gasteiger charge is 2.12. The van der Waals surface area contributed by atoms with Gasteiger partial charge in [0.15, 0.2) is 0 Å². The van der Waals surface area contributed by atoms with Gasteiger partial charge in [0.1, 0.15) is 0 Å². The van der Waals surface area contributed by atoms with Gasteiger partial charge in [-0.05, 0) is 71.5 Å². The smallest absolute Gasteiger partial charge is 0.0988 e. The van der Waals surface area contributed by atoms with E-state index in [0.717, 1.165) is 0 Å². The fraction of sp³-hybridized carbons (Fsp3) is 1.00. The fourth-order valence-electron chi connectivity index (χ4n) is 0.152. The van der Waals surface area contributed by atoms with Crippen molar-refractivity contribution in [1.82, 2.24) is 0 Å². The third-order valence-corrected chi connectivity index (χ3v) is 20.0. The molecule has 0 nitrogen and oxygen atoms in total. The van der Waals surface area contributed by atoms with Crippen LogP contribution in [0.1, 0.15) is 0 Å². The lowest BCUT2D eigenvalue weighted by Crippen LogP contribution is -2.09. The van der Waals surface area contributed by atoms with E-state index in [0.29, 0.717) is 5.99 Å². The van der Waals surface area contributed by atoms with Gasteiger partial charge in [-0.1, -0.05) is 31.3 Å². The Morgan fingerprint density at radius 1 is 1.17 bits per heavy atom. The molecule has 0 aromatic carbocycles. The molecule has 0 saturated heterocycles. The monoisotopic (exact) mass is 330 g/mol. The van der Waals surface area contributed by atoms with E-state index < -0.39 is 6.03 Å². The summed E-state index contributed by atoms with van der Waals surface area (Å²) in [7, 11) is 8.05. The summed E-state index contributed by atoms with van der Waals surface area (Å²) < 4.78 is 0. The molecule has 0 aromatic heterocycles. The van der Waals surface area contributed by atoms with Crippen molar-refractivity contribution < 1.29 is 0 Å². The van der Waals surface area contributed by atoms with Crippen LogP contribution in [0.5, 0.6) is 0 Å². The Kier molecular flexibility index (Phi) is 10.2. The molecule has 0 radical (unpaired) electrons. The molecule has 0 N–H and O–H groups in total. The summed E-state index contributed by atoms with van der Waals surface area (Å²) >= 11 is 14.6. The summed E-state index contributed by atoms with van der Waals surface area (Å²) in [6.07, 6.45) is 0. The molecule has 72 valence electrons. The minimum Gasteiger partial charge on any atom is -0.0988 e. The lowest BCUT2D eigenvalue weighted by atomic mass is 9.84. The highest BCUT2D eigenvalue weighted by atomic mass is 34.0. The topological polar surface area (TPSA) is 0 Å². The van der Waals surface area contributed by atoms with Crippen LogP contribution in [-0.4, -0.2) is 5.99 Å². The van der Waals surface area contributed by atoms with Crippen LogP contribution in [0.4, 0.5) is 0 Å². The minimum absolute atomic E-state index is 0.425. The first kappa shape index (κ1) is 15.0. The second kappa shape index (κ2) is 8.15. The van der Waals surface area contributed by atoms with Crippen LogP contribution in [0.25, 0.3) is 0 Å². The van der Waals surface area contributed by atoms with Gasteiger partial charge in [0.2, 0.25) is 5.99 Å². The Morgan fingerprint density at radius 2 is 1.75 bits per heavy atom. The van der Waals surface area contributed by atoms with Crippen molar-refractivity contribution in [1.29, 1.82) is 0 Å². The molecule has 0 aliphatic heterocycles. The Bertz CT molecular complexity index is 193. The molecule has 0 atom stereocenters. The molecule has 12 heavy (non-hydrogen) atoms. The minimum atomic E-state index is -1.30. The summed E-state index contributed by atoms with van der Waals surface area (Å²) in [5.41, 5.74) is 0. The molecule has 0 bridgehead atoms. The molecule has 10 heteroatoms. The van der Waals surface area contributed by atoms with Gasteiger partial charge < -0.3 is 0 Å². The normalized spacial score (nSPS) is 11.6. The summed E-state index contributed by atoms with van der Waals surface area (Å²) in [5, 5.41) is 0. The molecule has 0 aliphatic carbocycles. The van der Waals surface area contributed by atoms with E-state index in [9.17, 15) is 0 Å². The van der Waals surface area contributed by atoms with Gasteiger partial charge in [-0.25, -0.2) is 0 Å². The molecule has 0 aliphatic rings. The maximum Gasteiger partial charge on any atom is 0.231 e. The average molecular weight is 330 g/mol. The maximum atomic E-state index is 5.31. The molecule has 0 heterocycles. The van der Waals surface area contributed by atoms with Gasteiger partial charge in [0.25, 0.3) is 0 Å². The highest BCUT2D eigenvalue weighted by Crippen LogP contribution is 2.51. The Balaban J connectivity index is 3.63. The Labute approximate surface area is 107 Å². The molecule has 0 unspecified atom stereocenters. The molecular formula is C2H7BS9. The first-order chi connectivity index (χ1) is 5.50. The molecule has 0 fully saturated rings. The molecular weight excluding hydrogens is 323 g/mol. The first-order valence-corrected chi connectivity index (χ1v) is 14.0. The van der Waals surface area contributed by atoms with Crippen molar-refractivity contribution in [3.05, 3.63) is 0 Å². The van der Waals surface area contributed by atoms with Crippen molar-refractivity contribution in [2.75, 3.05) is 0 Å². The molecule has 0 saturated carbocycles. The largest absolute Gasteiger partial charge is 0.231 e. The van der Waals surface area contributed by atoms with Crippen molar-refractivity contribution in [3.63, 3.8) is 0 Å². The molecule has 0 aromatic rings. The van der Waals surface area contributed by atoms with Gasteiger partial charge in [0, 0.05) is 0 Å². The van der Waals surface area contributed by atoms with E-state index in [1.165, 1.54) is 9.83 Å². The average Bonchev–Trinajstić information content (AvgIpc) is 1.98. The summed E-state index contributed by atoms with van der Waals surface area (Å²) in [6.45, 7) is 4.18. The standard InChI is InChI=1S/C2H7BS9/c1-3(2)12(5,6)11-10-9-8-7-4/h4H,1-2H3. The molecule has 0 spiro atoms. The second-order valence-corrected chi connectivity index (χ2v) is 19.5. The number of hydrogen-bond donors (Lipinski definition) is 1. The van der Waals surface area contributed by atoms with Crippen molar-refractivity contribution in [3.8, 4) is 0 Å². The maximum absolute atomic E-state index is 5.31. The molecule has 0 rings (SSSR count). The molecule has 0 amide bonds. The predicted molar refractivity (Wildman–Crippen MR) is 86.5 cm³/mol. The Morgan fingerprint density at radius 3 is 2.17 bits per heavy atom. The summed E-state index contributed by atoms with van der Waals surface area (Å²) in [5.74, 6) is 0.425. The summed E-state index contributed by atoms with van der Waals surface area (Å²) in [6, 6.07) is -1.30. The van der Waals surface area contributed by atoms with E-state index in [1.54, 1.807) is 39.3 Å². The van der Waals surface area contributed by atoms with Gasteiger partial charge in [-0.15, -0.1) is 0 Å². The van der Waals surface area contributed by atoms with Crippen molar-refractivity contribution >= 4 is 95.2 Å². The van der Waals surface area contributed by atoms with Crippen LogP contribution in [0.2, 0.25) is 13.6 Å². The van der Waals surface area contributed by atoms with Gasteiger partial charge in [-0.2, -0.15) is 0 Å². The highest BCUT2D eigenvalue weighted by molar-refractivity contribution is 9.48. The van der Waals surface area contributed by atoms with E-state index in [-0.39, 0.29) is 0 Å². The predicted octanol–water partition coefficient (Wildman–Crippen LogP) is 4.40. The van der Waals surface area contributed by atoms with Crippen LogP contribution < -0.4 is 0 Å². The lowest BCUT2D eigenvalue weighted by Gasteiger charge is -2.08. The van der Waals surface area contributed by atoms with Crippen LogP contribution in [0.15, 0.2) is 0 Å². The third kappa shape index (κ3) is 7.27. The second-order valence-electron chi connectivity index (χ2n) is 1.89. The zero-order valence-electron chi connectivity index (χ0n) is 6.29. The zero-order valence-corrected chi connectivity index (χ0v) is 13.7. The van der Waals surface area contributed by atoms with Crippen molar-refractivity contribution in [2.24, 2.45) is 0 Å². The van der Waals surface area contributed by atoms with Gasteiger partial charge in [0.05, 0.1) is 0 Å². The van der Waals surface area contributed by atoms with Crippen LogP contribution >= 0.6 is 60.8 Å². The van der Waals surface area contributed by atoms with E-state index in [4.69, 9.17) is 22.4 Å². The van der Waals surface area contributed by atoms with E-state index in [2.05, 4.69) is 25.3 Å². The van der Waals surface area contributed by atoms with Gasteiger partial charge in [-0.3, -0.25) is 0 Å². The zero-order chi connectivity index (χ0) is 9.61. The van der Waals surface area contributed by atoms with Crippen LogP contribution in [0, 0.1) is 0 Å². The van der Waals surface area contributed by atoms with Gasteiger partial charge >= 0.3 is 0 Å².